The minimum atomic E-state index is 0.747. The molecule has 1 spiro atoms. The molecule has 3 unspecified atom stereocenters. The molecule has 2 aliphatic carbocycles. The molecule has 2 saturated carbocycles. The zero-order valence-electron chi connectivity index (χ0n) is 7.28. The third-order valence-electron chi connectivity index (χ3n) is 3.97. The van der Waals surface area contributed by atoms with Crippen molar-refractivity contribution in [3.05, 3.63) is 0 Å². The van der Waals surface area contributed by atoms with Crippen LogP contribution in [0.5, 0.6) is 0 Å². The summed E-state index contributed by atoms with van der Waals surface area (Å²) in [7, 11) is 0. The summed E-state index contributed by atoms with van der Waals surface area (Å²) < 4.78 is 0. The first kappa shape index (κ1) is 7.91. The van der Waals surface area contributed by atoms with Crippen molar-refractivity contribution in [1.29, 1.82) is 0 Å². The molecule has 0 bridgehead atoms. The Morgan fingerprint density at radius 3 is 2.82 bits per heavy atom. The maximum atomic E-state index is 5.89. The average Bonchev–Trinajstić information content (AvgIpc) is 2.55. The van der Waals surface area contributed by atoms with Gasteiger partial charge < -0.3 is 0 Å². The maximum Gasteiger partial charge on any atom is 0.0257 e. The minimum absolute atomic E-state index is 0.747. The summed E-state index contributed by atoms with van der Waals surface area (Å²) in [5.41, 5.74) is 0.747. The van der Waals surface area contributed by atoms with E-state index in [9.17, 15) is 0 Å². The van der Waals surface area contributed by atoms with Crippen molar-refractivity contribution >= 4 is 11.6 Å². The lowest BCUT2D eigenvalue weighted by Crippen LogP contribution is -2.10. The highest BCUT2D eigenvalue weighted by Crippen LogP contribution is 2.66. The summed E-state index contributed by atoms with van der Waals surface area (Å²) in [4.78, 5) is 0. The largest absolute Gasteiger partial charge is 0.126 e. The Balaban J connectivity index is 2.03. The van der Waals surface area contributed by atoms with Crippen LogP contribution < -0.4 is 0 Å². The Kier molecular flexibility index (Phi) is 1.91. The van der Waals surface area contributed by atoms with Gasteiger partial charge in [-0.05, 0) is 36.5 Å². The van der Waals surface area contributed by atoms with Gasteiger partial charge in [-0.2, -0.15) is 0 Å². The number of halogens is 1. The molecule has 2 rings (SSSR count). The summed E-state index contributed by atoms with van der Waals surface area (Å²) in [5, 5.41) is 0. The van der Waals surface area contributed by atoms with Gasteiger partial charge in [-0.1, -0.05) is 19.8 Å². The van der Waals surface area contributed by atoms with Crippen molar-refractivity contribution < 1.29 is 0 Å². The lowest BCUT2D eigenvalue weighted by Gasteiger charge is -2.17. The molecule has 0 nitrogen and oxygen atoms in total. The van der Waals surface area contributed by atoms with Crippen LogP contribution in [0, 0.1) is 17.3 Å². The fourth-order valence-corrected chi connectivity index (χ4v) is 3.61. The summed E-state index contributed by atoms with van der Waals surface area (Å²) in [6.45, 7) is 2.33. The number of hydrogen-bond donors (Lipinski definition) is 0. The molecule has 0 aromatic carbocycles. The van der Waals surface area contributed by atoms with Gasteiger partial charge in [-0.3, -0.25) is 0 Å². The van der Waals surface area contributed by atoms with E-state index in [2.05, 4.69) is 6.92 Å². The van der Waals surface area contributed by atoms with Gasteiger partial charge >= 0.3 is 0 Å². The molecule has 2 aliphatic rings. The van der Waals surface area contributed by atoms with E-state index in [0.717, 1.165) is 23.1 Å². The Hall–Kier alpha value is 0.290. The molecule has 3 atom stereocenters. The summed E-state index contributed by atoms with van der Waals surface area (Å²) in [6, 6.07) is 0. The van der Waals surface area contributed by atoms with E-state index in [1.807, 2.05) is 0 Å². The van der Waals surface area contributed by atoms with Gasteiger partial charge in [0.05, 0.1) is 0 Å². The van der Waals surface area contributed by atoms with E-state index in [4.69, 9.17) is 11.6 Å². The van der Waals surface area contributed by atoms with Gasteiger partial charge in [-0.25, -0.2) is 0 Å². The predicted molar refractivity (Wildman–Crippen MR) is 48.9 cm³/mol. The van der Waals surface area contributed by atoms with Crippen molar-refractivity contribution in [3.63, 3.8) is 0 Å². The van der Waals surface area contributed by atoms with Crippen molar-refractivity contribution in [2.75, 3.05) is 5.88 Å². The van der Waals surface area contributed by atoms with Gasteiger partial charge in [0.2, 0.25) is 0 Å². The quantitative estimate of drug-likeness (QED) is 0.560. The third-order valence-corrected chi connectivity index (χ3v) is 4.34. The van der Waals surface area contributed by atoms with Gasteiger partial charge in [-0.15, -0.1) is 11.6 Å². The van der Waals surface area contributed by atoms with E-state index in [-0.39, 0.29) is 0 Å². The standard InChI is InChI=1S/C10H17Cl/c1-2-8-4-3-5-10(8)6-9(10)7-11/h8-9H,2-7H2,1H3. The van der Waals surface area contributed by atoms with Crippen LogP contribution in [0.15, 0.2) is 0 Å². The molecule has 0 aromatic rings. The summed E-state index contributed by atoms with van der Waals surface area (Å²) in [6.07, 6.45) is 7.24. The van der Waals surface area contributed by atoms with Gasteiger partial charge in [0.1, 0.15) is 0 Å². The molecule has 0 radical (unpaired) electrons. The zero-order chi connectivity index (χ0) is 7.90. The second-order valence-electron chi connectivity index (χ2n) is 4.29. The molecule has 0 saturated heterocycles. The second kappa shape index (κ2) is 2.65. The highest BCUT2D eigenvalue weighted by atomic mass is 35.5. The first-order valence-electron chi connectivity index (χ1n) is 4.89. The van der Waals surface area contributed by atoms with Gasteiger partial charge in [0, 0.05) is 5.88 Å². The van der Waals surface area contributed by atoms with Crippen molar-refractivity contribution in [2.45, 2.75) is 39.0 Å². The first-order valence-corrected chi connectivity index (χ1v) is 5.43. The van der Waals surface area contributed by atoms with Crippen LogP contribution in [-0.4, -0.2) is 5.88 Å². The van der Waals surface area contributed by atoms with Gasteiger partial charge in [0.15, 0.2) is 0 Å². The van der Waals surface area contributed by atoms with Crippen LogP contribution in [0.1, 0.15) is 39.0 Å². The fraction of sp³-hybridized carbons (Fsp3) is 1.00. The molecule has 0 heterocycles. The van der Waals surface area contributed by atoms with Crippen LogP contribution in [0.3, 0.4) is 0 Å². The normalized spacial score (nSPS) is 48.5. The smallest absolute Gasteiger partial charge is 0.0257 e. The maximum absolute atomic E-state index is 5.89. The fourth-order valence-electron chi connectivity index (χ4n) is 3.19. The lowest BCUT2D eigenvalue weighted by atomic mass is 9.88. The molecule has 0 amide bonds. The zero-order valence-corrected chi connectivity index (χ0v) is 8.03. The second-order valence-corrected chi connectivity index (χ2v) is 4.59. The molecule has 64 valence electrons. The molecule has 1 heteroatoms. The third kappa shape index (κ3) is 1.02. The molecule has 11 heavy (non-hydrogen) atoms. The number of hydrogen-bond acceptors (Lipinski definition) is 0. The molecule has 0 aliphatic heterocycles. The van der Waals surface area contributed by atoms with Crippen LogP contribution in [0.4, 0.5) is 0 Å². The topological polar surface area (TPSA) is 0 Å². The number of alkyl halides is 1. The lowest BCUT2D eigenvalue weighted by molar-refractivity contribution is 0.329. The molecular formula is C10H17Cl. The van der Waals surface area contributed by atoms with Crippen molar-refractivity contribution in [1.82, 2.24) is 0 Å². The first-order chi connectivity index (χ1) is 5.33. The molecule has 0 N–H and O–H groups in total. The van der Waals surface area contributed by atoms with Crippen LogP contribution >= 0.6 is 11.6 Å². The van der Waals surface area contributed by atoms with E-state index in [1.165, 1.54) is 32.1 Å². The highest BCUT2D eigenvalue weighted by molar-refractivity contribution is 6.18. The molecular weight excluding hydrogens is 156 g/mol. The Morgan fingerprint density at radius 1 is 1.45 bits per heavy atom. The van der Waals surface area contributed by atoms with Crippen LogP contribution in [-0.2, 0) is 0 Å². The Morgan fingerprint density at radius 2 is 2.27 bits per heavy atom. The minimum Gasteiger partial charge on any atom is -0.126 e. The van der Waals surface area contributed by atoms with E-state index >= 15 is 0 Å². The van der Waals surface area contributed by atoms with E-state index < -0.39 is 0 Å². The van der Waals surface area contributed by atoms with Crippen molar-refractivity contribution in [3.8, 4) is 0 Å². The summed E-state index contributed by atoms with van der Waals surface area (Å²) in [5.74, 6) is 2.82. The van der Waals surface area contributed by atoms with Gasteiger partial charge in [0.25, 0.3) is 0 Å². The Labute approximate surface area is 74.3 Å². The Bertz CT molecular complexity index is 155. The molecule has 2 fully saturated rings. The predicted octanol–water partition coefficient (Wildman–Crippen LogP) is 3.44. The highest BCUT2D eigenvalue weighted by Gasteiger charge is 2.58. The molecule has 0 aromatic heterocycles. The SMILES string of the molecule is CCC1CCCC12CC2CCl. The average molecular weight is 173 g/mol. The summed E-state index contributed by atoms with van der Waals surface area (Å²) >= 11 is 5.89. The van der Waals surface area contributed by atoms with Crippen LogP contribution in [0.25, 0.3) is 0 Å². The van der Waals surface area contributed by atoms with E-state index in [1.54, 1.807) is 0 Å². The van der Waals surface area contributed by atoms with E-state index in [0.29, 0.717) is 0 Å². The monoisotopic (exact) mass is 172 g/mol. The number of rotatable bonds is 2. The van der Waals surface area contributed by atoms with Crippen LogP contribution in [0.2, 0.25) is 0 Å². The van der Waals surface area contributed by atoms with Crippen molar-refractivity contribution in [2.24, 2.45) is 17.3 Å².